The van der Waals surface area contributed by atoms with Gasteiger partial charge in [-0.25, -0.2) is 0 Å². The van der Waals surface area contributed by atoms with Crippen LogP contribution in [0.25, 0.3) is 0 Å². The summed E-state index contributed by atoms with van der Waals surface area (Å²) in [6, 6.07) is 6.52. The van der Waals surface area contributed by atoms with Crippen molar-refractivity contribution in [3.8, 4) is 0 Å². The van der Waals surface area contributed by atoms with Gasteiger partial charge in [-0.1, -0.05) is 12.1 Å². The molecule has 0 aromatic heterocycles. The van der Waals surface area contributed by atoms with Gasteiger partial charge < -0.3 is 15.2 Å². The van der Waals surface area contributed by atoms with E-state index >= 15 is 0 Å². The van der Waals surface area contributed by atoms with E-state index in [4.69, 9.17) is 4.74 Å². The monoisotopic (exact) mass is 299 g/mol. The first-order valence-corrected chi connectivity index (χ1v) is 6.84. The van der Waals surface area contributed by atoms with E-state index in [-0.39, 0.29) is 24.6 Å². The number of halogens is 2. The van der Waals surface area contributed by atoms with Gasteiger partial charge in [-0.3, -0.25) is 4.79 Å². The maximum atomic E-state index is 14.0. The Labute approximate surface area is 122 Å². The van der Waals surface area contributed by atoms with E-state index in [1.807, 2.05) is 6.92 Å². The van der Waals surface area contributed by atoms with Gasteiger partial charge in [0.2, 0.25) is 0 Å². The molecule has 1 fully saturated rings. The summed E-state index contributed by atoms with van der Waals surface area (Å²) in [7, 11) is 1.54. The van der Waals surface area contributed by atoms with Crippen molar-refractivity contribution in [2.45, 2.75) is 43.8 Å². The first-order valence-electron chi connectivity index (χ1n) is 6.84. The maximum absolute atomic E-state index is 14.0. The highest BCUT2D eigenvalue weighted by Gasteiger charge is 2.61. The van der Waals surface area contributed by atoms with Gasteiger partial charge in [-0.2, -0.15) is 8.78 Å². The predicted octanol–water partition coefficient (Wildman–Crippen LogP) is 2.88. The summed E-state index contributed by atoms with van der Waals surface area (Å²) in [5.41, 5.74) is -1.20. The largest absolute Gasteiger partial charge is 0.383 e. The summed E-state index contributed by atoms with van der Waals surface area (Å²) in [6.07, 6.45) is 0.168. The number of rotatable bonds is 5. The molecule has 6 heteroatoms. The van der Waals surface area contributed by atoms with Crippen molar-refractivity contribution in [3.05, 3.63) is 29.8 Å². The SMILES string of the molecule is COC(C)c1cccc(NC(=O)C(F)(F)C2(O)CCC2)c1. The van der Waals surface area contributed by atoms with Crippen molar-refractivity contribution in [1.82, 2.24) is 0 Å². The number of anilines is 1. The minimum Gasteiger partial charge on any atom is -0.383 e. The summed E-state index contributed by atoms with van der Waals surface area (Å²) in [6.45, 7) is 1.81. The molecule has 1 aliphatic carbocycles. The molecule has 1 unspecified atom stereocenters. The average molecular weight is 299 g/mol. The third-order valence-corrected chi connectivity index (χ3v) is 4.02. The number of alkyl halides is 2. The van der Waals surface area contributed by atoms with Crippen LogP contribution in [0, 0.1) is 0 Å². The molecule has 0 spiro atoms. The molecule has 21 heavy (non-hydrogen) atoms. The Morgan fingerprint density at radius 2 is 2.14 bits per heavy atom. The first kappa shape index (κ1) is 15.9. The molecular formula is C15H19F2NO3. The molecule has 1 amide bonds. The first-order chi connectivity index (χ1) is 9.80. The number of hydrogen-bond acceptors (Lipinski definition) is 3. The van der Waals surface area contributed by atoms with E-state index in [0.717, 1.165) is 5.56 Å². The van der Waals surface area contributed by atoms with E-state index < -0.39 is 17.4 Å². The molecule has 116 valence electrons. The molecule has 1 aliphatic rings. The van der Waals surface area contributed by atoms with Crippen molar-refractivity contribution >= 4 is 11.6 Å². The topological polar surface area (TPSA) is 58.6 Å². The van der Waals surface area contributed by atoms with Crippen molar-refractivity contribution in [1.29, 1.82) is 0 Å². The summed E-state index contributed by atoms with van der Waals surface area (Å²) in [4.78, 5) is 11.8. The second-order valence-corrected chi connectivity index (χ2v) is 5.42. The highest BCUT2D eigenvalue weighted by Crippen LogP contribution is 2.44. The fraction of sp³-hybridized carbons (Fsp3) is 0.533. The van der Waals surface area contributed by atoms with Gasteiger partial charge in [-0.05, 0) is 43.9 Å². The summed E-state index contributed by atoms with van der Waals surface area (Å²) in [5, 5.41) is 11.9. The minimum atomic E-state index is -3.80. The number of carbonyl (C=O) groups excluding carboxylic acids is 1. The predicted molar refractivity (Wildman–Crippen MR) is 74.2 cm³/mol. The van der Waals surface area contributed by atoms with Crippen LogP contribution in [-0.4, -0.2) is 29.6 Å². The zero-order valence-corrected chi connectivity index (χ0v) is 12.0. The van der Waals surface area contributed by atoms with Crippen LogP contribution in [0.1, 0.15) is 37.9 Å². The molecular weight excluding hydrogens is 280 g/mol. The van der Waals surface area contributed by atoms with Gasteiger partial charge in [0.25, 0.3) is 5.91 Å². The van der Waals surface area contributed by atoms with Crippen LogP contribution in [0.4, 0.5) is 14.5 Å². The molecule has 1 aromatic rings. The van der Waals surface area contributed by atoms with Gasteiger partial charge in [0, 0.05) is 12.8 Å². The lowest BCUT2D eigenvalue weighted by Crippen LogP contribution is -2.59. The summed E-state index contributed by atoms with van der Waals surface area (Å²) >= 11 is 0. The van der Waals surface area contributed by atoms with Gasteiger partial charge in [0.1, 0.15) is 5.60 Å². The van der Waals surface area contributed by atoms with E-state index in [1.165, 1.54) is 13.2 Å². The van der Waals surface area contributed by atoms with E-state index in [9.17, 15) is 18.7 Å². The average Bonchev–Trinajstić information content (AvgIpc) is 2.43. The molecule has 0 radical (unpaired) electrons. The van der Waals surface area contributed by atoms with Crippen LogP contribution < -0.4 is 5.32 Å². The van der Waals surface area contributed by atoms with Crippen molar-refractivity contribution in [2.24, 2.45) is 0 Å². The number of methoxy groups -OCH3 is 1. The number of ether oxygens (including phenoxy) is 1. The van der Waals surface area contributed by atoms with Gasteiger partial charge in [-0.15, -0.1) is 0 Å². The smallest absolute Gasteiger partial charge is 0.352 e. The number of carbonyl (C=O) groups is 1. The molecule has 2 N–H and O–H groups in total. The summed E-state index contributed by atoms with van der Waals surface area (Å²) in [5.74, 6) is -5.28. The van der Waals surface area contributed by atoms with Crippen LogP contribution in [0.5, 0.6) is 0 Å². The highest BCUT2D eigenvalue weighted by molar-refractivity contribution is 5.97. The van der Waals surface area contributed by atoms with Gasteiger partial charge in [0.05, 0.1) is 6.10 Å². The fourth-order valence-electron chi connectivity index (χ4n) is 2.25. The Morgan fingerprint density at radius 1 is 1.48 bits per heavy atom. The third-order valence-electron chi connectivity index (χ3n) is 4.02. The zero-order valence-electron chi connectivity index (χ0n) is 12.0. The lowest BCUT2D eigenvalue weighted by atomic mass is 9.75. The van der Waals surface area contributed by atoms with E-state index in [1.54, 1.807) is 18.2 Å². The van der Waals surface area contributed by atoms with Crippen molar-refractivity contribution in [2.75, 3.05) is 12.4 Å². The number of benzene rings is 1. The number of aliphatic hydroxyl groups is 1. The maximum Gasteiger partial charge on any atom is 0.352 e. The second kappa shape index (κ2) is 5.69. The molecule has 2 rings (SSSR count). The molecule has 0 aliphatic heterocycles. The highest BCUT2D eigenvalue weighted by atomic mass is 19.3. The van der Waals surface area contributed by atoms with Crippen LogP contribution in [-0.2, 0) is 9.53 Å². The molecule has 1 atom stereocenters. The Hall–Kier alpha value is -1.53. The van der Waals surface area contributed by atoms with E-state index in [0.29, 0.717) is 6.42 Å². The minimum absolute atomic E-state index is 0.0613. The van der Waals surface area contributed by atoms with Crippen LogP contribution in [0.3, 0.4) is 0 Å². The molecule has 1 aromatic carbocycles. The lowest BCUT2D eigenvalue weighted by Gasteiger charge is -2.41. The Bertz CT molecular complexity index is 529. The number of amides is 1. The van der Waals surface area contributed by atoms with Crippen molar-refractivity contribution < 1.29 is 23.4 Å². The molecule has 0 saturated heterocycles. The fourth-order valence-corrected chi connectivity index (χ4v) is 2.25. The number of nitrogens with one attached hydrogen (secondary N) is 1. The molecule has 0 bridgehead atoms. The van der Waals surface area contributed by atoms with Crippen molar-refractivity contribution in [3.63, 3.8) is 0 Å². The third kappa shape index (κ3) is 2.91. The standard InChI is InChI=1S/C15H19F2NO3/c1-10(21-2)11-5-3-6-12(9-11)18-13(19)15(16,17)14(20)7-4-8-14/h3,5-6,9-10,20H,4,7-8H2,1-2H3,(H,18,19). The Morgan fingerprint density at radius 3 is 2.67 bits per heavy atom. The second-order valence-electron chi connectivity index (χ2n) is 5.42. The molecule has 4 nitrogen and oxygen atoms in total. The lowest BCUT2D eigenvalue weighted by molar-refractivity contribution is -0.212. The molecule has 0 heterocycles. The Balaban J connectivity index is 2.12. The Kier molecular flexibility index (Phi) is 4.30. The van der Waals surface area contributed by atoms with Crippen LogP contribution in [0.2, 0.25) is 0 Å². The quantitative estimate of drug-likeness (QED) is 0.879. The van der Waals surface area contributed by atoms with Gasteiger partial charge in [0.15, 0.2) is 0 Å². The van der Waals surface area contributed by atoms with Crippen LogP contribution in [0.15, 0.2) is 24.3 Å². The van der Waals surface area contributed by atoms with Gasteiger partial charge >= 0.3 is 5.92 Å². The normalized spacial score (nSPS) is 18.7. The van der Waals surface area contributed by atoms with E-state index in [2.05, 4.69) is 5.32 Å². The number of hydrogen-bond donors (Lipinski definition) is 2. The molecule has 1 saturated carbocycles. The zero-order chi connectivity index (χ0) is 15.7. The van der Waals surface area contributed by atoms with Crippen LogP contribution >= 0.6 is 0 Å². The summed E-state index contributed by atoms with van der Waals surface area (Å²) < 4.78 is 33.1.